The van der Waals surface area contributed by atoms with E-state index in [1.165, 1.54) is 0 Å². The Morgan fingerprint density at radius 2 is 2.08 bits per heavy atom. The van der Waals surface area contributed by atoms with Crippen molar-refractivity contribution in [3.05, 3.63) is 40.6 Å². The fourth-order valence-electron chi connectivity index (χ4n) is 1.10. The lowest BCUT2D eigenvalue weighted by Gasteiger charge is -2.16. The second-order valence-corrected chi connectivity index (χ2v) is 3.45. The van der Waals surface area contributed by atoms with E-state index in [9.17, 15) is 0 Å². The molecule has 4 heteroatoms. The zero-order valence-corrected chi connectivity index (χ0v) is 8.22. The maximum atomic E-state index is 5.86. The van der Waals surface area contributed by atoms with Crippen LogP contribution < -0.4 is 5.06 Å². The molecule has 0 atom stereocenters. The minimum Gasteiger partial charge on any atom is -0.387 e. The maximum absolute atomic E-state index is 5.86. The summed E-state index contributed by atoms with van der Waals surface area (Å²) in [7, 11) is 0. The molecule has 0 radical (unpaired) electrons. The monoisotopic (exact) mass is 215 g/mol. The first kappa shape index (κ1) is 8.73. The van der Waals surface area contributed by atoms with Crippen molar-refractivity contribution in [1.82, 2.24) is 0 Å². The molecule has 2 rings (SSSR count). The smallest absolute Gasteiger partial charge is 0.117 e. The maximum Gasteiger partial charge on any atom is 0.117 e. The summed E-state index contributed by atoms with van der Waals surface area (Å²) >= 11 is 11.6. The van der Waals surface area contributed by atoms with Crippen LogP contribution in [0, 0.1) is 0 Å². The molecule has 13 heavy (non-hydrogen) atoms. The lowest BCUT2D eigenvalue weighted by Crippen LogP contribution is -2.16. The normalized spacial score (nSPS) is 14.8. The third-order valence-electron chi connectivity index (χ3n) is 1.75. The second kappa shape index (κ2) is 3.48. The number of halogens is 2. The quantitative estimate of drug-likeness (QED) is 0.714. The van der Waals surface area contributed by atoms with Crippen molar-refractivity contribution in [2.24, 2.45) is 0 Å². The predicted molar refractivity (Wildman–Crippen MR) is 54.0 cm³/mol. The van der Waals surface area contributed by atoms with Crippen molar-refractivity contribution in [2.45, 2.75) is 0 Å². The molecule has 1 aliphatic heterocycles. The predicted octanol–water partition coefficient (Wildman–Crippen LogP) is 3.26. The largest absolute Gasteiger partial charge is 0.387 e. The Morgan fingerprint density at radius 1 is 1.23 bits per heavy atom. The van der Waals surface area contributed by atoms with E-state index in [4.69, 9.17) is 28.0 Å². The number of benzene rings is 1. The van der Waals surface area contributed by atoms with E-state index >= 15 is 0 Å². The summed E-state index contributed by atoms with van der Waals surface area (Å²) in [5.41, 5.74) is 0.902. The van der Waals surface area contributed by atoms with Crippen LogP contribution >= 0.6 is 23.2 Å². The van der Waals surface area contributed by atoms with Gasteiger partial charge in [0.2, 0.25) is 0 Å². The van der Waals surface area contributed by atoms with E-state index in [1.54, 1.807) is 23.5 Å². The first-order valence-corrected chi connectivity index (χ1v) is 4.57. The fraction of sp³-hybridized carbons (Fsp3) is 0.111. The third-order valence-corrected chi connectivity index (χ3v) is 2.49. The van der Waals surface area contributed by atoms with Crippen LogP contribution in [0.3, 0.4) is 0 Å². The van der Waals surface area contributed by atoms with E-state index in [2.05, 4.69) is 0 Å². The van der Waals surface area contributed by atoms with Gasteiger partial charge in [-0.15, -0.1) is 0 Å². The van der Waals surface area contributed by atoms with Gasteiger partial charge in [-0.1, -0.05) is 23.2 Å². The van der Waals surface area contributed by atoms with Gasteiger partial charge in [0.05, 0.1) is 22.3 Å². The molecule has 0 aromatic heterocycles. The SMILES string of the molecule is Clc1ccc(N2CC=CO2)cc1Cl. The highest BCUT2D eigenvalue weighted by atomic mass is 35.5. The summed E-state index contributed by atoms with van der Waals surface area (Å²) in [6.45, 7) is 0.734. The number of hydrogen-bond donors (Lipinski definition) is 0. The lowest BCUT2D eigenvalue weighted by atomic mass is 10.3. The van der Waals surface area contributed by atoms with Gasteiger partial charge in [-0.3, -0.25) is 0 Å². The van der Waals surface area contributed by atoms with E-state index in [1.807, 2.05) is 12.1 Å². The van der Waals surface area contributed by atoms with E-state index in [-0.39, 0.29) is 0 Å². The fourth-order valence-corrected chi connectivity index (χ4v) is 1.40. The summed E-state index contributed by atoms with van der Waals surface area (Å²) in [5.74, 6) is 0. The molecule has 0 spiro atoms. The van der Waals surface area contributed by atoms with Crippen LogP contribution in [0.5, 0.6) is 0 Å². The number of nitrogens with zero attached hydrogens (tertiary/aromatic N) is 1. The average Bonchev–Trinajstić information content (AvgIpc) is 2.62. The van der Waals surface area contributed by atoms with Gasteiger partial charge in [0.15, 0.2) is 0 Å². The zero-order valence-electron chi connectivity index (χ0n) is 6.71. The van der Waals surface area contributed by atoms with Crippen molar-refractivity contribution in [1.29, 1.82) is 0 Å². The van der Waals surface area contributed by atoms with Crippen LogP contribution in [0.25, 0.3) is 0 Å². The summed E-state index contributed by atoms with van der Waals surface area (Å²) in [4.78, 5) is 5.18. The number of hydroxylamine groups is 1. The Bertz CT molecular complexity index is 343. The Labute approximate surface area is 86.3 Å². The minimum absolute atomic E-state index is 0.537. The van der Waals surface area contributed by atoms with Crippen LogP contribution in [0.2, 0.25) is 10.0 Å². The molecule has 2 nitrogen and oxygen atoms in total. The highest BCUT2D eigenvalue weighted by Gasteiger charge is 2.10. The van der Waals surface area contributed by atoms with Crippen LogP contribution in [-0.2, 0) is 4.84 Å². The second-order valence-electron chi connectivity index (χ2n) is 2.64. The van der Waals surface area contributed by atoms with Crippen molar-refractivity contribution < 1.29 is 4.84 Å². The molecule has 0 amide bonds. The Balaban J connectivity index is 2.26. The average molecular weight is 216 g/mol. The standard InChI is InChI=1S/C9H7Cl2NO/c10-8-3-2-7(6-9(8)11)12-4-1-5-13-12/h1-3,5-6H,4H2. The Hall–Kier alpha value is -0.860. The van der Waals surface area contributed by atoms with E-state index in [0.717, 1.165) is 12.2 Å². The molecule has 0 bridgehead atoms. The zero-order chi connectivity index (χ0) is 9.26. The molecule has 1 heterocycles. The van der Waals surface area contributed by atoms with Crippen molar-refractivity contribution >= 4 is 28.9 Å². The van der Waals surface area contributed by atoms with Crippen LogP contribution in [-0.4, -0.2) is 6.54 Å². The highest BCUT2D eigenvalue weighted by molar-refractivity contribution is 6.42. The minimum atomic E-state index is 0.537. The molecular formula is C9H7Cl2NO. The number of hydrogen-bond acceptors (Lipinski definition) is 2. The van der Waals surface area contributed by atoms with E-state index in [0.29, 0.717) is 10.0 Å². The first-order chi connectivity index (χ1) is 6.27. The molecule has 0 N–H and O–H groups in total. The summed E-state index contributed by atoms with van der Waals surface area (Å²) in [5, 5.41) is 2.81. The molecular weight excluding hydrogens is 209 g/mol. The van der Waals surface area contributed by atoms with Crippen LogP contribution in [0.4, 0.5) is 5.69 Å². The first-order valence-electron chi connectivity index (χ1n) is 3.82. The summed E-state index contributed by atoms with van der Waals surface area (Å²) in [6, 6.07) is 5.39. The highest BCUT2D eigenvalue weighted by Crippen LogP contribution is 2.28. The molecule has 0 saturated carbocycles. The molecule has 0 unspecified atom stereocenters. The molecule has 1 aliphatic rings. The lowest BCUT2D eigenvalue weighted by molar-refractivity contribution is 0.246. The van der Waals surface area contributed by atoms with Crippen LogP contribution in [0.1, 0.15) is 0 Å². The topological polar surface area (TPSA) is 12.5 Å². The van der Waals surface area contributed by atoms with Crippen molar-refractivity contribution in [2.75, 3.05) is 11.6 Å². The molecule has 1 aromatic carbocycles. The Morgan fingerprint density at radius 3 is 2.69 bits per heavy atom. The van der Waals surface area contributed by atoms with Crippen molar-refractivity contribution in [3.63, 3.8) is 0 Å². The van der Waals surface area contributed by atoms with Crippen LogP contribution in [0.15, 0.2) is 30.5 Å². The molecule has 0 aliphatic carbocycles. The van der Waals surface area contributed by atoms with Gasteiger partial charge in [-0.25, -0.2) is 5.06 Å². The van der Waals surface area contributed by atoms with Gasteiger partial charge in [0, 0.05) is 0 Å². The van der Waals surface area contributed by atoms with Gasteiger partial charge < -0.3 is 4.84 Å². The van der Waals surface area contributed by atoms with Gasteiger partial charge in [0.25, 0.3) is 0 Å². The van der Waals surface area contributed by atoms with E-state index < -0.39 is 0 Å². The van der Waals surface area contributed by atoms with Gasteiger partial charge in [0.1, 0.15) is 6.26 Å². The molecule has 1 aromatic rings. The van der Waals surface area contributed by atoms with Gasteiger partial charge in [-0.2, -0.15) is 0 Å². The summed E-state index contributed by atoms with van der Waals surface area (Å²) in [6.07, 6.45) is 3.56. The third kappa shape index (κ3) is 1.74. The Kier molecular flexibility index (Phi) is 2.34. The molecule has 68 valence electrons. The number of rotatable bonds is 1. The van der Waals surface area contributed by atoms with Gasteiger partial charge >= 0.3 is 0 Å². The summed E-state index contributed by atoms with van der Waals surface area (Å²) < 4.78 is 0. The number of anilines is 1. The molecule has 0 fully saturated rings. The molecule has 0 saturated heterocycles. The van der Waals surface area contributed by atoms with Gasteiger partial charge in [-0.05, 0) is 24.3 Å². The van der Waals surface area contributed by atoms with Crippen molar-refractivity contribution in [3.8, 4) is 0 Å².